The van der Waals surface area contributed by atoms with Crippen molar-refractivity contribution in [1.29, 1.82) is 0 Å². The molecule has 0 radical (unpaired) electrons. The summed E-state index contributed by atoms with van der Waals surface area (Å²) in [6.45, 7) is 0.353. The van der Waals surface area contributed by atoms with Crippen LogP contribution in [0.4, 0.5) is 4.39 Å². The fourth-order valence-corrected chi connectivity index (χ4v) is 2.27. The summed E-state index contributed by atoms with van der Waals surface area (Å²) in [6, 6.07) is 12.2. The maximum atomic E-state index is 13.7. The van der Waals surface area contributed by atoms with Crippen molar-refractivity contribution in [2.24, 2.45) is 5.73 Å². The lowest BCUT2D eigenvalue weighted by Crippen LogP contribution is -1.99. The van der Waals surface area contributed by atoms with Gasteiger partial charge >= 0.3 is 0 Å². The molecule has 20 heavy (non-hydrogen) atoms. The van der Waals surface area contributed by atoms with Crippen LogP contribution in [0, 0.1) is 5.82 Å². The van der Waals surface area contributed by atoms with Gasteiger partial charge in [-0.05, 0) is 35.9 Å². The van der Waals surface area contributed by atoms with Crippen molar-refractivity contribution in [2.75, 3.05) is 7.11 Å². The second kappa shape index (κ2) is 4.98. The second-order valence-corrected chi connectivity index (χ2v) is 4.50. The van der Waals surface area contributed by atoms with Crippen LogP contribution in [0.15, 0.2) is 46.9 Å². The number of halogens is 1. The zero-order valence-corrected chi connectivity index (χ0v) is 11.0. The molecule has 0 aliphatic heterocycles. The lowest BCUT2D eigenvalue weighted by molar-refractivity contribution is 0.414. The molecule has 0 saturated carbocycles. The minimum absolute atomic E-state index is 0.265. The predicted octanol–water partition coefficient (Wildman–Crippen LogP) is 3.71. The van der Waals surface area contributed by atoms with E-state index in [-0.39, 0.29) is 11.4 Å². The SMILES string of the molecule is COc1ccc(-c2cc3cccc(F)c3o2)c(CN)c1. The second-order valence-electron chi connectivity index (χ2n) is 4.50. The molecule has 2 N–H and O–H groups in total. The van der Waals surface area contributed by atoms with Crippen LogP contribution in [0.25, 0.3) is 22.3 Å². The van der Waals surface area contributed by atoms with Crippen molar-refractivity contribution in [1.82, 2.24) is 0 Å². The molecule has 2 aromatic carbocycles. The Morgan fingerprint density at radius 2 is 2.05 bits per heavy atom. The Morgan fingerprint density at radius 3 is 2.75 bits per heavy atom. The average Bonchev–Trinajstić information content (AvgIpc) is 2.92. The largest absolute Gasteiger partial charge is 0.497 e. The first-order valence-electron chi connectivity index (χ1n) is 6.28. The highest BCUT2D eigenvalue weighted by molar-refractivity contribution is 5.84. The van der Waals surface area contributed by atoms with Crippen LogP contribution in [0.2, 0.25) is 0 Å². The third kappa shape index (κ3) is 2.04. The number of para-hydroxylation sites is 1. The molecule has 0 spiro atoms. The predicted molar refractivity (Wildman–Crippen MR) is 76.1 cm³/mol. The van der Waals surface area contributed by atoms with Crippen molar-refractivity contribution < 1.29 is 13.5 Å². The van der Waals surface area contributed by atoms with Crippen molar-refractivity contribution in [2.45, 2.75) is 6.54 Å². The molecule has 0 amide bonds. The molecule has 1 heterocycles. The van der Waals surface area contributed by atoms with Crippen LogP contribution >= 0.6 is 0 Å². The van der Waals surface area contributed by atoms with Gasteiger partial charge in [0, 0.05) is 17.5 Å². The topological polar surface area (TPSA) is 48.4 Å². The summed E-state index contributed by atoms with van der Waals surface area (Å²) in [5, 5.41) is 0.735. The van der Waals surface area contributed by atoms with Gasteiger partial charge < -0.3 is 14.9 Å². The van der Waals surface area contributed by atoms with E-state index < -0.39 is 0 Å². The highest BCUT2D eigenvalue weighted by Crippen LogP contribution is 2.32. The van der Waals surface area contributed by atoms with Gasteiger partial charge in [0.05, 0.1) is 7.11 Å². The summed E-state index contributed by atoms with van der Waals surface area (Å²) >= 11 is 0. The highest BCUT2D eigenvalue weighted by atomic mass is 19.1. The molecule has 3 nitrogen and oxygen atoms in total. The van der Waals surface area contributed by atoms with E-state index in [4.69, 9.17) is 14.9 Å². The Kier molecular flexibility index (Phi) is 3.16. The van der Waals surface area contributed by atoms with Crippen LogP contribution in [-0.4, -0.2) is 7.11 Å². The molecule has 3 aromatic rings. The number of rotatable bonds is 3. The van der Waals surface area contributed by atoms with E-state index in [0.717, 1.165) is 22.3 Å². The Morgan fingerprint density at radius 1 is 1.20 bits per heavy atom. The van der Waals surface area contributed by atoms with Crippen LogP contribution in [0.1, 0.15) is 5.56 Å². The van der Waals surface area contributed by atoms with Gasteiger partial charge in [-0.3, -0.25) is 0 Å². The van der Waals surface area contributed by atoms with E-state index in [1.54, 1.807) is 13.2 Å². The maximum Gasteiger partial charge on any atom is 0.170 e. The first kappa shape index (κ1) is 12.7. The summed E-state index contributed by atoms with van der Waals surface area (Å²) in [7, 11) is 1.60. The minimum Gasteiger partial charge on any atom is -0.497 e. The van der Waals surface area contributed by atoms with Crippen LogP contribution < -0.4 is 10.5 Å². The van der Waals surface area contributed by atoms with Crippen molar-refractivity contribution in [3.63, 3.8) is 0 Å². The van der Waals surface area contributed by atoms with Crippen molar-refractivity contribution >= 4 is 11.0 Å². The monoisotopic (exact) mass is 271 g/mol. The molecule has 0 aliphatic rings. The summed E-state index contributed by atoms with van der Waals surface area (Å²) in [5.41, 5.74) is 7.77. The summed E-state index contributed by atoms with van der Waals surface area (Å²) < 4.78 is 24.5. The number of ether oxygens (including phenoxy) is 1. The van der Waals surface area contributed by atoms with E-state index in [2.05, 4.69) is 0 Å². The normalized spacial score (nSPS) is 10.9. The van der Waals surface area contributed by atoms with Gasteiger partial charge in [-0.25, -0.2) is 4.39 Å². The van der Waals surface area contributed by atoms with E-state index >= 15 is 0 Å². The Labute approximate surface area is 115 Å². The molecule has 4 heteroatoms. The van der Waals surface area contributed by atoms with E-state index in [1.807, 2.05) is 30.3 Å². The lowest BCUT2D eigenvalue weighted by Gasteiger charge is -2.07. The number of nitrogens with two attached hydrogens (primary N) is 1. The number of fused-ring (bicyclic) bond motifs is 1. The quantitative estimate of drug-likeness (QED) is 0.790. The van der Waals surface area contributed by atoms with Gasteiger partial charge in [-0.2, -0.15) is 0 Å². The minimum atomic E-state index is -0.364. The average molecular weight is 271 g/mol. The molecule has 0 bridgehead atoms. The van der Waals surface area contributed by atoms with Crippen LogP contribution in [0.5, 0.6) is 5.75 Å². The van der Waals surface area contributed by atoms with Crippen molar-refractivity contribution in [3.8, 4) is 17.1 Å². The van der Waals surface area contributed by atoms with E-state index in [9.17, 15) is 4.39 Å². The van der Waals surface area contributed by atoms with Gasteiger partial charge in [0.2, 0.25) is 0 Å². The van der Waals surface area contributed by atoms with Gasteiger partial charge in [0.1, 0.15) is 11.5 Å². The standard InChI is InChI=1S/C16H14FNO2/c1-19-12-5-6-13(11(7-12)9-18)15-8-10-3-2-4-14(17)16(10)20-15/h2-8H,9,18H2,1H3. The molecule has 0 saturated heterocycles. The molecule has 1 aromatic heterocycles. The zero-order valence-electron chi connectivity index (χ0n) is 11.0. The molecule has 102 valence electrons. The number of hydrogen-bond acceptors (Lipinski definition) is 3. The number of benzene rings is 2. The molecular weight excluding hydrogens is 257 g/mol. The fraction of sp³-hybridized carbons (Fsp3) is 0.125. The van der Waals surface area contributed by atoms with Crippen molar-refractivity contribution in [3.05, 3.63) is 53.8 Å². The summed E-state index contributed by atoms with van der Waals surface area (Å²) in [4.78, 5) is 0. The smallest absolute Gasteiger partial charge is 0.170 e. The third-order valence-corrected chi connectivity index (χ3v) is 3.29. The Balaban J connectivity index is 2.17. The van der Waals surface area contributed by atoms with Gasteiger partial charge in [-0.1, -0.05) is 12.1 Å². The van der Waals surface area contributed by atoms with Gasteiger partial charge in [-0.15, -0.1) is 0 Å². The zero-order chi connectivity index (χ0) is 14.1. The molecular formula is C16H14FNO2. The molecule has 0 unspecified atom stereocenters. The number of methoxy groups -OCH3 is 1. The first-order chi connectivity index (χ1) is 9.72. The van der Waals surface area contributed by atoms with Crippen LogP contribution in [0.3, 0.4) is 0 Å². The highest BCUT2D eigenvalue weighted by Gasteiger charge is 2.13. The first-order valence-corrected chi connectivity index (χ1v) is 6.28. The summed E-state index contributed by atoms with van der Waals surface area (Å²) in [6.07, 6.45) is 0. The van der Waals surface area contributed by atoms with Crippen LogP contribution in [-0.2, 0) is 6.54 Å². The van der Waals surface area contributed by atoms with Gasteiger partial charge in [0.25, 0.3) is 0 Å². The van der Waals surface area contributed by atoms with Gasteiger partial charge in [0.15, 0.2) is 11.4 Å². The van der Waals surface area contributed by atoms with E-state index in [1.165, 1.54) is 6.07 Å². The Hall–Kier alpha value is -2.33. The molecule has 0 fully saturated rings. The maximum absolute atomic E-state index is 13.7. The molecule has 0 aliphatic carbocycles. The lowest BCUT2D eigenvalue weighted by atomic mass is 10.0. The third-order valence-electron chi connectivity index (χ3n) is 3.29. The number of hydrogen-bond donors (Lipinski definition) is 1. The van der Waals surface area contributed by atoms with E-state index in [0.29, 0.717) is 12.3 Å². The summed E-state index contributed by atoms with van der Waals surface area (Å²) in [5.74, 6) is 0.973. The fourth-order valence-electron chi connectivity index (χ4n) is 2.27. The molecule has 3 rings (SSSR count). The number of furan rings is 1. The molecule has 0 atom stereocenters. The Bertz CT molecular complexity index is 764.